The summed E-state index contributed by atoms with van der Waals surface area (Å²) in [6, 6.07) is 15.0. The molecule has 2 heterocycles. The maximum absolute atomic E-state index is 12.5. The Kier molecular flexibility index (Phi) is 5.23. The molecular weight excluding hydrogens is 440 g/mol. The molecule has 3 aromatic rings. The van der Waals surface area contributed by atoms with E-state index in [1.54, 1.807) is 23.1 Å². The summed E-state index contributed by atoms with van der Waals surface area (Å²) in [7, 11) is 0. The van der Waals surface area contributed by atoms with Gasteiger partial charge in [0.2, 0.25) is 11.0 Å². The van der Waals surface area contributed by atoms with Crippen molar-refractivity contribution in [2.24, 2.45) is 0 Å². The molecule has 0 spiro atoms. The molecule has 1 aliphatic heterocycles. The van der Waals surface area contributed by atoms with Gasteiger partial charge in [-0.3, -0.25) is 14.9 Å². The Labute approximate surface area is 174 Å². The highest BCUT2D eigenvalue weighted by molar-refractivity contribution is 9.10. The lowest BCUT2D eigenvalue weighted by Gasteiger charge is -2.16. The van der Waals surface area contributed by atoms with Gasteiger partial charge in [0.25, 0.3) is 5.91 Å². The second kappa shape index (κ2) is 7.81. The molecule has 0 unspecified atom stereocenters. The van der Waals surface area contributed by atoms with Crippen LogP contribution in [0.3, 0.4) is 0 Å². The van der Waals surface area contributed by atoms with Crippen LogP contribution in [-0.2, 0) is 4.79 Å². The molecule has 4 rings (SSSR count). The van der Waals surface area contributed by atoms with Crippen molar-refractivity contribution >= 4 is 49.9 Å². The summed E-state index contributed by atoms with van der Waals surface area (Å²) >= 11 is 4.67. The van der Waals surface area contributed by atoms with Crippen LogP contribution in [0.4, 0.5) is 10.8 Å². The van der Waals surface area contributed by atoms with E-state index in [0.717, 1.165) is 20.7 Å². The molecule has 1 fully saturated rings. The first-order valence-corrected chi connectivity index (χ1v) is 10.4. The van der Waals surface area contributed by atoms with E-state index in [0.29, 0.717) is 23.7 Å². The molecule has 1 N–H and O–H groups in total. The molecule has 1 saturated heterocycles. The van der Waals surface area contributed by atoms with E-state index in [1.807, 2.05) is 37.3 Å². The van der Waals surface area contributed by atoms with E-state index in [4.69, 9.17) is 0 Å². The van der Waals surface area contributed by atoms with Crippen molar-refractivity contribution < 1.29 is 9.59 Å². The third-order valence-electron chi connectivity index (χ3n) is 4.57. The summed E-state index contributed by atoms with van der Waals surface area (Å²) < 4.78 is 0.832. The summed E-state index contributed by atoms with van der Waals surface area (Å²) in [5.74, 6) is -0.195. The lowest BCUT2D eigenvalue weighted by molar-refractivity contribution is -0.117. The molecule has 6 nitrogen and oxygen atoms in total. The Morgan fingerprint density at radius 2 is 2.00 bits per heavy atom. The number of carbonyl (C=O) groups excluding carboxylic acids is 2. The van der Waals surface area contributed by atoms with Crippen molar-refractivity contribution in [2.75, 3.05) is 16.8 Å². The predicted molar refractivity (Wildman–Crippen MR) is 113 cm³/mol. The molecular formula is C20H17BrN4O2S. The van der Waals surface area contributed by atoms with Gasteiger partial charge in [-0.2, -0.15) is 0 Å². The van der Waals surface area contributed by atoms with Crippen molar-refractivity contribution in [2.45, 2.75) is 19.3 Å². The quantitative estimate of drug-likeness (QED) is 0.631. The minimum absolute atomic E-state index is 0.0252. The average Bonchev–Trinajstić information content (AvgIpc) is 3.29. The molecule has 8 heteroatoms. The van der Waals surface area contributed by atoms with Gasteiger partial charge in [0.1, 0.15) is 5.01 Å². The van der Waals surface area contributed by atoms with Crippen LogP contribution < -0.4 is 10.2 Å². The molecule has 2 amide bonds. The molecule has 142 valence electrons. The molecule has 0 radical (unpaired) electrons. The number of nitrogens with one attached hydrogen (secondary N) is 1. The number of rotatable bonds is 4. The molecule has 0 aliphatic carbocycles. The Balaban J connectivity index is 1.45. The Bertz CT molecular complexity index is 1030. The van der Waals surface area contributed by atoms with Crippen LogP contribution in [0.15, 0.2) is 53.0 Å². The summed E-state index contributed by atoms with van der Waals surface area (Å²) in [5, 5.41) is 12.2. The summed E-state index contributed by atoms with van der Waals surface area (Å²) in [4.78, 5) is 26.6. The number of anilines is 2. The van der Waals surface area contributed by atoms with Gasteiger partial charge >= 0.3 is 0 Å². The minimum Gasteiger partial charge on any atom is -0.312 e. The average molecular weight is 457 g/mol. The van der Waals surface area contributed by atoms with E-state index in [9.17, 15) is 9.59 Å². The maximum atomic E-state index is 12.5. The van der Waals surface area contributed by atoms with Gasteiger partial charge in [-0.05, 0) is 37.3 Å². The fourth-order valence-corrected chi connectivity index (χ4v) is 4.33. The first kappa shape index (κ1) is 18.8. The zero-order chi connectivity index (χ0) is 19.7. The van der Waals surface area contributed by atoms with Crippen LogP contribution in [0.2, 0.25) is 0 Å². The van der Waals surface area contributed by atoms with Gasteiger partial charge in [0.15, 0.2) is 0 Å². The number of carbonyl (C=O) groups is 2. The lowest BCUT2D eigenvalue weighted by Crippen LogP contribution is -2.24. The molecule has 28 heavy (non-hydrogen) atoms. The summed E-state index contributed by atoms with van der Waals surface area (Å²) in [6.45, 7) is 2.58. The van der Waals surface area contributed by atoms with Crippen molar-refractivity contribution in [1.82, 2.24) is 10.2 Å². The van der Waals surface area contributed by atoms with Crippen LogP contribution in [0, 0.1) is 6.92 Å². The molecule has 1 aromatic heterocycles. The van der Waals surface area contributed by atoms with Gasteiger partial charge in [0, 0.05) is 34.6 Å². The molecule has 0 bridgehead atoms. The second-order valence-corrected chi connectivity index (χ2v) is 8.58. The second-order valence-electron chi connectivity index (χ2n) is 6.65. The number of hydrogen-bond donors (Lipinski definition) is 1. The van der Waals surface area contributed by atoms with Gasteiger partial charge < -0.3 is 4.90 Å². The minimum atomic E-state index is -0.243. The van der Waals surface area contributed by atoms with Crippen molar-refractivity contribution in [3.8, 4) is 0 Å². The van der Waals surface area contributed by atoms with Gasteiger partial charge in [-0.25, -0.2) is 0 Å². The van der Waals surface area contributed by atoms with Gasteiger partial charge in [0.05, 0.1) is 0 Å². The van der Waals surface area contributed by atoms with Crippen molar-refractivity contribution in [1.29, 1.82) is 0 Å². The standard InChI is InChI=1S/C20H17BrN4O2S/c1-12-5-7-16(8-6-12)25-11-14(10-17(25)26)19-23-24-20(28-19)22-18(27)13-3-2-4-15(21)9-13/h2-9,14H,10-11H2,1H3,(H,22,24,27)/t14-/m0/s1. The van der Waals surface area contributed by atoms with E-state index in [-0.39, 0.29) is 17.7 Å². The predicted octanol–water partition coefficient (Wildman–Crippen LogP) is 4.38. The third-order valence-corrected chi connectivity index (χ3v) is 6.06. The van der Waals surface area contributed by atoms with Crippen LogP contribution in [0.1, 0.15) is 33.3 Å². The monoisotopic (exact) mass is 456 g/mol. The van der Waals surface area contributed by atoms with Crippen molar-refractivity contribution in [3.05, 3.63) is 69.1 Å². The van der Waals surface area contributed by atoms with Crippen LogP contribution >= 0.6 is 27.3 Å². The number of aryl methyl sites for hydroxylation is 1. The normalized spacial score (nSPS) is 16.4. The van der Waals surface area contributed by atoms with Crippen molar-refractivity contribution in [3.63, 3.8) is 0 Å². The van der Waals surface area contributed by atoms with E-state index < -0.39 is 0 Å². The summed E-state index contributed by atoms with van der Waals surface area (Å²) in [5.41, 5.74) is 2.58. The third kappa shape index (κ3) is 3.98. The Morgan fingerprint density at radius 3 is 2.75 bits per heavy atom. The fraction of sp³-hybridized carbons (Fsp3) is 0.200. The van der Waals surface area contributed by atoms with Crippen LogP contribution in [-0.4, -0.2) is 28.6 Å². The first-order valence-electron chi connectivity index (χ1n) is 8.77. The van der Waals surface area contributed by atoms with E-state index in [1.165, 1.54) is 11.3 Å². The number of benzene rings is 2. The maximum Gasteiger partial charge on any atom is 0.257 e. The molecule has 1 atom stereocenters. The Morgan fingerprint density at radius 1 is 1.21 bits per heavy atom. The molecule has 2 aromatic carbocycles. The van der Waals surface area contributed by atoms with Crippen LogP contribution in [0.25, 0.3) is 0 Å². The topological polar surface area (TPSA) is 75.2 Å². The zero-order valence-corrected chi connectivity index (χ0v) is 17.5. The largest absolute Gasteiger partial charge is 0.312 e. The first-order chi connectivity index (χ1) is 13.5. The SMILES string of the molecule is Cc1ccc(N2C[C@@H](c3nnc(NC(=O)c4cccc(Br)c4)s3)CC2=O)cc1. The highest BCUT2D eigenvalue weighted by Gasteiger charge is 2.34. The smallest absolute Gasteiger partial charge is 0.257 e. The molecule has 1 aliphatic rings. The van der Waals surface area contributed by atoms with E-state index in [2.05, 4.69) is 31.4 Å². The highest BCUT2D eigenvalue weighted by atomic mass is 79.9. The lowest BCUT2D eigenvalue weighted by atomic mass is 10.1. The number of amides is 2. The highest BCUT2D eigenvalue weighted by Crippen LogP contribution is 2.34. The van der Waals surface area contributed by atoms with Crippen LogP contribution in [0.5, 0.6) is 0 Å². The molecule has 0 saturated carbocycles. The number of nitrogens with zero attached hydrogens (tertiary/aromatic N) is 3. The number of halogens is 1. The zero-order valence-electron chi connectivity index (χ0n) is 15.1. The fourth-order valence-electron chi connectivity index (χ4n) is 3.10. The number of aromatic nitrogens is 2. The number of hydrogen-bond acceptors (Lipinski definition) is 5. The van der Waals surface area contributed by atoms with E-state index >= 15 is 0 Å². The summed E-state index contributed by atoms with van der Waals surface area (Å²) in [6.07, 6.45) is 0.391. The Hall–Kier alpha value is -2.58. The van der Waals surface area contributed by atoms with Gasteiger partial charge in [-0.1, -0.05) is 51.0 Å². The van der Waals surface area contributed by atoms with Gasteiger partial charge in [-0.15, -0.1) is 10.2 Å².